The highest BCUT2D eigenvalue weighted by molar-refractivity contribution is 7.22. The highest BCUT2D eigenvalue weighted by Crippen LogP contribution is 2.35. The van der Waals surface area contributed by atoms with Crippen molar-refractivity contribution in [3.05, 3.63) is 53.3 Å². The number of pyridine rings is 1. The van der Waals surface area contributed by atoms with E-state index in [1.165, 1.54) is 5.56 Å². The number of anilines is 1. The molecule has 0 aliphatic heterocycles. The van der Waals surface area contributed by atoms with Gasteiger partial charge in [0.2, 0.25) is 5.91 Å². The summed E-state index contributed by atoms with van der Waals surface area (Å²) in [6.07, 6.45) is 4.89. The zero-order chi connectivity index (χ0) is 17.4. The molecular weight excluding hydrogens is 330 g/mol. The van der Waals surface area contributed by atoms with Gasteiger partial charge in [0.1, 0.15) is 0 Å². The predicted molar refractivity (Wildman–Crippen MR) is 102 cm³/mol. The van der Waals surface area contributed by atoms with Crippen LogP contribution in [0.1, 0.15) is 36.1 Å². The quantitative estimate of drug-likeness (QED) is 0.688. The van der Waals surface area contributed by atoms with E-state index in [0.717, 1.165) is 45.9 Å². The van der Waals surface area contributed by atoms with Gasteiger partial charge >= 0.3 is 0 Å². The Bertz CT molecular complexity index is 915. The molecule has 2 aromatic heterocycles. The van der Waals surface area contributed by atoms with Gasteiger partial charge in [-0.2, -0.15) is 0 Å². The van der Waals surface area contributed by atoms with Crippen LogP contribution < -0.4 is 4.90 Å². The third-order valence-corrected chi connectivity index (χ3v) is 5.84. The van der Waals surface area contributed by atoms with Crippen LogP contribution in [-0.2, 0) is 11.3 Å². The molecule has 0 bridgehead atoms. The second-order valence-electron chi connectivity index (χ2n) is 6.80. The van der Waals surface area contributed by atoms with Gasteiger partial charge in [0.15, 0.2) is 5.13 Å². The van der Waals surface area contributed by atoms with E-state index in [9.17, 15) is 4.79 Å². The fourth-order valence-corrected chi connectivity index (χ4v) is 4.39. The van der Waals surface area contributed by atoms with Crippen molar-refractivity contribution in [3.63, 3.8) is 0 Å². The number of thiazole rings is 1. The van der Waals surface area contributed by atoms with Crippen LogP contribution in [0.2, 0.25) is 0 Å². The molecule has 4 rings (SSSR count). The van der Waals surface area contributed by atoms with E-state index in [-0.39, 0.29) is 11.8 Å². The topological polar surface area (TPSA) is 46.1 Å². The molecule has 0 saturated heterocycles. The number of carbonyl (C=O) groups excluding carboxylic acids is 1. The molecule has 1 aliphatic rings. The second kappa shape index (κ2) is 6.56. The summed E-state index contributed by atoms with van der Waals surface area (Å²) in [5.74, 6) is 0.323. The number of hydrogen-bond acceptors (Lipinski definition) is 4. The van der Waals surface area contributed by atoms with Crippen LogP contribution in [-0.4, -0.2) is 15.9 Å². The smallest absolute Gasteiger partial charge is 0.232 e. The Kier molecular flexibility index (Phi) is 4.25. The van der Waals surface area contributed by atoms with Gasteiger partial charge in [0, 0.05) is 12.1 Å². The summed E-state index contributed by atoms with van der Waals surface area (Å²) < 4.78 is 1.14. The fourth-order valence-electron chi connectivity index (χ4n) is 3.24. The lowest BCUT2D eigenvalue weighted by atomic mass is 9.84. The summed E-state index contributed by atoms with van der Waals surface area (Å²) in [6.45, 7) is 4.65. The van der Waals surface area contributed by atoms with Crippen LogP contribution in [0.15, 0.2) is 36.5 Å². The first-order valence-electron chi connectivity index (χ1n) is 8.71. The van der Waals surface area contributed by atoms with Crippen molar-refractivity contribution in [1.82, 2.24) is 9.97 Å². The summed E-state index contributed by atoms with van der Waals surface area (Å²) in [4.78, 5) is 24.1. The van der Waals surface area contributed by atoms with Crippen LogP contribution in [0.5, 0.6) is 0 Å². The number of hydrogen-bond donors (Lipinski definition) is 0. The minimum absolute atomic E-state index is 0.138. The fraction of sp³-hybridized carbons (Fsp3) is 0.350. The molecule has 0 spiro atoms. The van der Waals surface area contributed by atoms with E-state index < -0.39 is 0 Å². The maximum atomic E-state index is 13.0. The zero-order valence-electron chi connectivity index (χ0n) is 14.5. The number of rotatable bonds is 4. The first-order valence-corrected chi connectivity index (χ1v) is 9.52. The van der Waals surface area contributed by atoms with Crippen molar-refractivity contribution in [1.29, 1.82) is 0 Å². The largest absolute Gasteiger partial charge is 0.282 e. The van der Waals surface area contributed by atoms with E-state index in [2.05, 4.69) is 31.0 Å². The first kappa shape index (κ1) is 16.2. The first-order chi connectivity index (χ1) is 12.1. The zero-order valence-corrected chi connectivity index (χ0v) is 15.3. The van der Waals surface area contributed by atoms with Gasteiger partial charge in [-0.1, -0.05) is 29.9 Å². The Labute approximate surface area is 151 Å². The average Bonchev–Trinajstić information content (AvgIpc) is 2.95. The minimum atomic E-state index is 0.138. The van der Waals surface area contributed by atoms with Gasteiger partial charge in [0.05, 0.1) is 22.5 Å². The van der Waals surface area contributed by atoms with Crippen molar-refractivity contribution in [2.24, 2.45) is 5.92 Å². The summed E-state index contributed by atoms with van der Waals surface area (Å²) >= 11 is 1.60. The molecular formula is C20H21N3OS. The Morgan fingerprint density at radius 1 is 1.28 bits per heavy atom. The number of aromatic nitrogens is 2. The molecule has 1 amide bonds. The molecule has 2 heterocycles. The molecule has 128 valence electrons. The van der Waals surface area contributed by atoms with E-state index in [1.54, 1.807) is 17.5 Å². The Hall–Kier alpha value is -2.27. The van der Waals surface area contributed by atoms with Crippen molar-refractivity contribution in [2.45, 2.75) is 39.7 Å². The summed E-state index contributed by atoms with van der Waals surface area (Å²) in [5, 5.41) is 0.784. The Balaban J connectivity index is 1.74. The number of fused-ring (bicyclic) bond motifs is 1. The number of nitrogens with zero attached hydrogens (tertiary/aromatic N) is 3. The molecule has 1 saturated carbocycles. The van der Waals surface area contributed by atoms with Gasteiger partial charge in [-0.15, -0.1) is 0 Å². The second-order valence-corrected chi connectivity index (χ2v) is 7.81. The standard InChI is InChI=1S/C20H21N3OS/c1-13-10-14(2)18-17(11-13)25-20(22-18)23(19(24)15-6-5-7-15)12-16-8-3-4-9-21-16/h3-4,8-11,15H,5-7,12H2,1-2H3. The maximum Gasteiger partial charge on any atom is 0.232 e. The molecule has 1 aliphatic carbocycles. The summed E-state index contributed by atoms with van der Waals surface area (Å²) in [6, 6.07) is 10.1. The summed E-state index contributed by atoms with van der Waals surface area (Å²) in [7, 11) is 0. The van der Waals surface area contributed by atoms with Crippen molar-refractivity contribution < 1.29 is 4.79 Å². The van der Waals surface area contributed by atoms with Gasteiger partial charge in [0.25, 0.3) is 0 Å². The van der Waals surface area contributed by atoms with Crippen molar-refractivity contribution in [3.8, 4) is 0 Å². The minimum Gasteiger partial charge on any atom is -0.282 e. The molecule has 5 heteroatoms. The van der Waals surface area contributed by atoms with Crippen LogP contribution >= 0.6 is 11.3 Å². The van der Waals surface area contributed by atoms with Crippen molar-refractivity contribution in [2.75, 3.05) is 4.90 Å². The van der Waals surface area contributed by atoms with Gasteiger partial charge in [-0.3, -0.25) is 14.7 Å². The Morgan fingerprint density at radius 2 is 2.12 bits per heavy atom. The number of benzene rings is 1. The van der Waals surface area contributed by atoms with E-state index in [1.807, 2.05) is 23.1 Å². The van der Waals surface area contributed by atoms with Crippen molar-refractivity contribution >= 4 is 32.6 Å². The van der Waals surface area contributed by atoms with Crippen LogP contribution in [0.3, 0.4) is 0 Å². The van der Waals surface area contributed by atoms with Crippen LogP contribution in [0, 0.1) is 19.8 Å². The molecule has 0 unspecified atom stereocenters. The molecule has 0 radical (unpaired) electrons. The van der Waals surface area contributed by atoms with Crippen LogP contribution in [0.4, 0.5) is 5.13 Å². The molecule has 0 atom stereocenters. The molecule has 4 nitrogen and oxygen atoms in total. The lowest BCUT2D eigenvalue weighted by Crippen LogP contribution is -2.38. The lowest BCUT2D eigenvalue weighted by molar-refractivity contribution is -0.124. The normalized spacial score (nSPS) is 14.5. The number of amides is 1. The highest BCUT2D eigenvalue weighted by atomic mass is 32.1. The average molecular weight is 351 g/mol. The monoisotopic (exact) mass is 351 g/mol. The molecule has 25 heavy (non-hydrogen) atoms. The Morgan fingerprint density at radius 3 is 2.80 bits per heavy atom. The molecule has 3 aromatic rings. The third kappa shape index (κ3) is 3.16. The van der Waals surface area contributed by atoms with Gasteiger partial charge < -0.3 is 0 Å². The SMILES string of the molecule is Cc1cc(C)c2nc(N(Cc3ccccn3)C(=O)C3CCC3)sc2c1. The maximum absolute atomic E-state index is 13.0. The van der Waals surface area contributed by atoms with E-state index >= 15 is 0 Å². The van der Waals surface area contributed by atoms with E-state index in [0.29, 0.717) is 6.54 Å². The highest BCUT2D eigenvalue weighted by Gasteiger charge is 2.32. The third-order valence-electron chi connectivity index (χ3n) is 4.82. The van der Waals surface area contributed by atoms with E-state index in [4.69, 9.17) is 4.98 Å². The lowest BCUT2D eigenvalue weighted by Gasteiger charge is -2.30. The molecule has 1 fully saturated rings. The van der Waals surface area contributed by atoms with Gasteiger partial charge in [-0.05, 0) is 56.0 Å². The summed E-state index contributed by atoms with van der Waals surface area (Å²) in [5.41, 5.74) is 4.27. The van der Waals surface area contributed by atoms with Crippen LogP contribution in [0.25, 0.3) is 10.2 Å². The number of carbonyl (C=O) groups is 1. The predicted octanol–water partition coefficient (Wildman–Crippen LogP) is 4.64. The molecule has 1 aromatic carbocycles. The van der Waals surface area contributed by atoms with Gasteiger partial charge in [-0.25, -0.2) is 4.98 Å². The molecule has 0 N–H and O–H groups in total. The number of aryl methyl sites for hydroxylation is 2.